The Morgan fingerprint density at radius 2 is 1.21 bits per heavy atom. The molecule has 0 rings (SSSR count). The molecule has 0 aromatic rings. The van der Waals surface area contributed by atoms with Crippen LogP contribution < -0.4 is 5.32 Å². The monoisotopic (exact) mass is 687 g/mol. The molecule has 0 fully saturated rings. The molecule has 0 bridgehead atoms. The van der Waals surface area contributed by atoms with Gasteiger partial charge in [0.1, 0.15) is 29.8 Å². The number of thioether (sulfide) groups is 1. The third kappa shape index (κ3) is 29.9. The summed E-state index contributed by atoms with van der Waals surface area (Å²) in [5.74, 6) is 0.904. The van der Waals surface area contributed by atoms with Crippen molar-refractivity contribution in [3.8, 4) is 0 Å². The van der Waals surface area contributed by atoms with Crippen molar-refractivity contribution in [1.29, 1.82) is 0 Å². The number of hydrogen-bond acceptors (Lipinski definition) is 9. The van der Waals surface area contributed by atoms with Crippen LogP contribution >= 0.6 is 11.8 Å². The van der Waals surface area contributed by atoms with Crippen LogP contribution in [-0.4, -0.2) is 84.1 Å². The number of nitrogens with one attached hydrogen (secondary N) is 1. The molecule has 0 spiro atoms. The number of carboxylic acids is 1. The van der Waals surface area contributed by atoms with Crippen LogP contribution in [0.25, 0.3) is 0 Å². The van der Waals surface area contributed by atoms with Gasteiger partial charge in [-0.2, -0.15) is 11.8 Å². The maximum absolute atomic E-state index is 12.8. The summed E-state index contributed by atoms with van der Waals surface area (Å²) < 4.78 is 15.7. The van der Waals surface area contributed by atoms with Gasteiger partial charge in [-0.3, -0.25) is 14.4 Å². The van der Waals surface area contributed by atoms with E-state index < -0.39 is 23.6 Å². The lowest BCUT2D eigenvalue weighted by Gasteiger charge is -2.24. The second-order valence-corrected chi connectivity index (χ2v) is 15.4. The summed E-state index contributed by atoms with van der Waals surface area (Å²) >= 11 is 2.01. The lowest BCUT2D eigenvalue weighted by molar-refractivity contribution is -0.159. The Morgan fingerprint density at radius 1 is 0.660 bits per heavy atom. The van der Waals surface area contributed by atoms with Crippen molar-refractivity contribution in [2.24, 2.45) is 5.41 Å². The van der Waals surface area contributed by atoms with Crippen molar-refractivity contribution >= 4 is 41.2 Å². The highest BCUT2D eigenvalue weighted by molar-refractivity contribution is 7.99. The fourth-order valence-electron chi connectivity index (χ4n) is 4.59. The van der Waals surface area contributed by atoms with Gasteiger partial charge >= 0.3 is 11.9 Å². The zero-order valence-corrected chi connectivity index (χ0v) is 31.1. The van der Waals surface area contributed by atoms with E-state index in [9.17, 15) is 24.0 Å². The largest absolute Gasteiger partial charge is 0.480 e. The SMILES string of the molecule is CC(C)(C)OC(=O)C(CCC(=O)CCCOCCOCC(=O)O)NC(=O)CCCCCCCSCCCCCCCC(=O)C(C)(C)C. The van der Waals surface area contributed by atoms with Crippen LogP contribution in [-0.2, 0) is 38.2 Å². The van der Waals surface area contributed by atoms with Crippen LogP contribution in [0.5, 0.6) is 0 Å². The number of unbranched alkanes of at least 4 members (excludes halogenated alkanes) is 8. The third-order valence-corrected chi connectivity index (χ3v) is 8.46. The number of Topliss-reactive ketones (excluding diaryl/α,β-unsaturated/α-hetero) is 2. The topological polar surface area (TPSA) is 145 Å². The minimum atomic E-state index is -1.04. The maximum atomic E-state index is 12.8. The molecule has 2 N–H and O–H groups in total. The molecule has 0 saturated heterocycles. The summed E-state index contributed by atoms with van der Waals surface area (Å²) in [5, 5.41) is 11.3. The highest BCUT2D eigenvalue weighted by atomic mass is 32.2. The summed E-state index contributed by atoms with van der Waals surface area (Å²) in [6, 6.07) is -0.872. The quantitative estimate of drug-likeness (QED) is 0.0593. The van der Waals surface area contributed by atoms with Crippen molar-refractivity contribution < 1.29 is 43.3 Å². The van der Waals surface area contributed by atoms with Gasteiger partial charge in [0.25, 0.3) is 0 Å². The summed E-state index contributed by atoms with van der Waals surface area (Å²) in [5.41, 5.74) is -0.921. The van der Waals surface area contributed by atoms with E-state index in [0.29, 0.717) is 31.7 Å². The molecule has 0 aromatic heterocycles. The number of ketones is 2. The smallest absolute Gasteiger partial charge is 0.329 e. The van der Waals surface area contributed by atoms with Gasteiger partial charge in [-0.15, -0.1) is 0 Å². The first-order valence-corrected chi connectivity index (χ1v) is 18.8. The Kier molecular flexibility index (Phi) is 25.8. The van der Waals surface area contributed by atoms with Crippen LogP contribution in [0.1, 0.15) is 144 Å². The number of esters is 1. The Balaban J connectivity index is 4.06. The Bertz CT molecular complexity index is 896. The molecule has 0 aliphatic rings. The molecule has 0 heterocycles. The van der Waals surface area contributed by atoms with E-state index in [0.717, 1.165) is 44.3 Å². The van der Waals surface area contributed by atoms with Gasteiger partial charge in [0.05, 0.1) is 13.2 Å². The Hall–Kier alpha value is -1.98. The van der Waals surface area contributed by atoms with Crippen molar-refractivity contribution in [3.05, 3.63) is 0 Å². The number of amides is 1. The van der Waals surface area contributed by atoms with Gasteiger partial charge in [0.15, 0.2) is 0 Å². The normalized spacial score (nSPS) is 12.5. The first kappa shape index (κ1) is 45.0. The average molecular weight is 688 g/mol. The molecule has 1 amide bonds. The molecule has 47 heavy (non-hydrogen) atoms. The lowest BCUT2D eigenvalue weighted by Crippen LogP contribution is -2.44. The van der Waals surface area contributed by atoms with Crippen LogP contribution in [0.4, 0.5) is 0 Å². The molecule has 10 nitrogen and oxygen atoms in total. The molecule has 0 saturated carbocycles. The molecular weight excluding hydrogens is 622 g/mol. The first-order valence-electron chi connectivity index (χ1n) is 17.6. The van der Waals surface area contributed by atoms with Crippen molar-refractivity contribution in [2.75, 3.05) is 37.9 Å². The maximum Gasteiger partial charge on any atom is 0.329 e. The summed E-state index contributed by atoms with van der Waals surface area (Å²) in [6.45, 7) is 11.7. The molecule has 0 aliphatic heterocycles. The minimum Gasteiger partial charge on any atom is -0.480 e. The Morgan fingerprint density at radius 3 is 1.79 bits per heavy atom. The number of hydrogen-bond donors (Lipinski definition) is 2. The second-order valence-electron chi connectivity index (χ2n) is 14.2. The predicted octanol–water partition coefficient (Wildman–Crippen LogP) is 7.09. The molecule has 0 aliphatic carbocycles. The zero-order chi connectivity index (χ0) is 35.6. The van der Waals surface area contributed by atoms with Crippen LogP contribution in [0.2, 0.25) is 0 Å². The van der Waals surface area contributed by atoms with E-state index in [1.165, 1.54) is 31.4 Å². The lowest BCUT2D eigenvalue weighted by atomic mass is 9.88. The van der Waals surface area contributed by atoms with Crippen molar-refractivity contribution in [3.63, 3.8) is 0 Å². The zero-order valence-electron chi connectivity index (χ0n) is 30.3. The summed E-state index contributed by atoms with van der Waals surface area (Å²) in [6.07, 6.45) is 13.1. The number of carboxylic acid groups (broad SMARTS) is 1. The standard InChI is InChI=1S/C36H65NO9S/c1-35(2,3)31(39)19-13-9-7-11-15-26-47-27-16-12-8-10-14-20-32(40)37-30(34(43)46-36(4,5)6)22-21-29(38)18-17-23-44-24-25-45-28-33(41)42/h30H,7-28H2,1-6H3,(H,37,40)(H,41,42). The number of ether oxygens (including phenoxy) is 3. The van der Waals surface area contributed by atoms with E-state index in [1.54, 1.807) is 20.8 Å². The predicted molar refractivity (Wildman–Crippen MR) is 188 cm³/mol. The molecule has 1 atom stereocenters. The number of rotatable bonds is 30. The van der Waals surface area contributed by atoms with Gasteiger partial charge in [-0.05, 0) is 70.8 Å². The molecular formula is C36H65NO9S. The number of carbonyl (C=O) groups excluding carboxylic acids is 4. The van der Waals surface area contributed by atoms with Gasteiger partial charge < -0.3 is 24.6 Å². The fraction of sp³-hybridized carbons (Fsp3) is 0.861. The highest BCUT2D eigenvalue weighted by Gasteiger charge is 2.27. The van der Waals surface area contributed by atoms with Gasteiger partial charge in [-0.1, -0.05) is 59.3 Å². The van der Waals surface area contributed by atoms with Crippen molar-refractivity contribution in [2.45, 2.75) is 156 Å². The van der Waals surface area contributed by atoms with E-state index in [-0.39, 0.29) is 56.2 Å². The molecule has 0 radical (unpaired) electrons. The molecule has 11 heteroatoms. The summed E-state index contributed by atoms with van der Waals surface area (Å²) in [7, 11) is 0. The van der Waals surface area contributed by atoms with Crippen LogP contribution in [0, 0.1) is 5.41 Å². The van der Waals surface area contributed by atoms with E-state index in [4.69, 9.17) is 19.3 Å². The third-order valence-electron chi connectivity index (χ3n) is 7.30. The van der Waals surface area contributed by atoms with Gasteiger partial charge in [-0.25, -0.2) is 9.59 Å². The number of aliphatic carboxylic acids is 1. The first-order chi connectivity index (χ1) is 22.1. The van der Waals surface area contributed by atoms with E-state index in [1.807, 2.05) is 32.5 Å². The number of carbonyl (C=O) groups is 5. The van der Waals surface area contributed by atoms with E-state index >= 15 is 0 Å². The average Bonchev–Trinajstić information content (AvgIpc) is 2.96. The van der Waals surface area contributed by atoms with Gasteiger partial charge in [0, 0.05) is 37.7 Å². The van der Waals surface area contributed by atoms with E-state index in [2.05, 4.69) is 5.32 Å². The van der Waals surface area contributed by atoms with Crippen LogP contribution in [0.15, 0.2) is 0 Å². The van der Waals surface area contributed by atoms with Gasteiger partial charge in [0.2, 0.25) is 5.91 Å². The van der Waals surface area contributed by atoms with Crippen LogP contribution in [0.3, 0.4) is 0 Å². The highest BCUT2D eigenvalue weighted by Crippen LogP contribution is 2.19. The summed E-state index contributed by atoms with van der Waals surface area (Å²) in [4.78, 5) is 60.1. The molecule has 0 aromatic carbocycles. The minimum absolute atomic E-state index is 0.0301. The van der Waals surface area contributed by atoms with Crippen molar-refractivity contribution in [1.82, 2.24) is 5.32 Å². The fourth-order valence-corrected chi connectivity index (χ4v) is 5.61. The molecule has 1 unspecified atom stereocenters. The Labute approximate surface area is 288 Å². The second kappa shape index (κ2) is 26.9. The molecule has 274 valence electrons.